The maximum Gasteiger partial charge on any atom is 0.284 e. The summed E-state index contributed by atoms with van der Waals surface area (Å²) in [5.41, 5.74) is 0.746. The van der Waals surface area contributed by atoms with Crippen LogP contribution < -0.4 is 10.0 Å². The fourth-order valence-corrected chi connectivity index (χ4v) is 2.37. The standard InChI is InChI=1S/C15H10N2O4/c1-8-9(15(20)21)4-2-6-11(8)17-13(18)10-5-3-7-16-12(10)14(17)19/h2-7H,1H3,(H,20,21)/p-1. The number of carboxylic acids is 1. The molecule has 0 saturated carbocycles. The first-order valence-electron chi connectivity index (χ1n) is 6.17. The Hall–Kier alpha value is -3.02. The lowest BCUT2D eigenvalue weighted by molar-refractivity contribution is -0.255. The normalized spacial score (nSPS) is 13.5. The third-order valence-electron chi connectivity index (χ3n) is 3.41. The van der Waals surface area contributed by atoms with Crippen LogP contribution in [0.25, 0.3) is 0 Å². The number of fused-ring (bicyclic) bond motifs is 1. The van der Waals surface area contributed by atoms with E-state index in [0.717, 1.165) is 4.90 Å². The van der Waals surface area contributed by atoms with Gasteiger partial charge >= 0.3 is 0 Å². The lowest BCUT2D eigenvalue weighted by Crippen LogP contribution is -2.31. The zero-order valence-electron chi connectivity index (χ0n) is 11.0. The first-order chi connectivity index (χ1) is 10.0. The van der Waals surface area contributed by atoms with Gasteiger partial charge in [0.25, 0.3) is 11.8 Å². The van der Waals surface area contributed by atoms with Gasteiger partial charge in [-0.3, -0.25) is 14.6 Å². The van der Waals surface area contributed by atoms with E-state index in [2.05, 4.69) is 4.98 Å². The molecule has 0 bridgehead atoms. The number of aromatic nitrogens is 1. The minimum atomic E-state index is -1.36. The number of nitrogens with zero attached hydrogens (tertiary/aromatic N) is 2. The molecule has 0 unspecified atom stereocenters. The third-order valence-corrected chi connectivity index (χ3v) is 3.41. The van der Waals surface area contributed by atoms with Crippen LogP contribution in [-0.4, -0.2) is 22.8 Å². The number of aromatic carboxylic acids is 1. The van der Waals surface area contributed by atoms with Crippen molar-refractivity contribution in [2.24, 2.45) is 0 Å². The Morgan fingerprint density at radius 3 is 2.57 bits per heavy atom. The number of carbonyl (C=O) groups excluding carboxylic acids is 3. The summed E-state index contributed by atoms with van der Waals surface area (Å²) in [6.45, 7) is 1.53. The number of hydrogen-bond donors (Lipinski definition) is 0. The molecule has 104 valence electrons. The van der Waals surface area contributed by atoms with E-state index >= 15 is 0 Å². The highest BCUT2D eigenvalue weighted by Gasteiger charge is 2.38. The molecule has 0 fully saturated rings. The Balaban J connectivity index is 2.16. The van der Waals surface area contributed by atoms with Gasteiger partial charge < -0.3 is 9.90 Å². The molecule has 0 spiro atoms. The summed E-state index contributed by atoms with van der Waals surface area (Å²) >= 11 is 0. The largest absolute Gasteiger partial charge is 0.545 e. The first kappa shape index (κ1) is 13.0. The van der Waals surface area contributed by atoms with Gasteiger partial charge in [0.1, 0.15) is 5.69 Å². The molecule has 1 aromatic carbocycles. The second-order valence-corrected chi connectivity index (χ2v) is 4.58. The molecule has 6 heteroatoms. The van der Waals surface area contributed by atoms with Crippen LogP contribution >= 0.6 is 0 Å². The summed E-state index contributed by atoms with van der Waals surface area (Å²) in [6.07, 6.45) is 1.43. The molecule has 2 amide bonds. The first-order valence-corrected chi connectivity index (χ1v) is 6.17. The van der Waals surface area contributed by atoms with Gasteiger partial charge in [-0.15, -0.1) is 0 Å². The second kappa shape index (κ2) is 4.52. The van der Waals surface area contributed by atoms with Crippen molar-refractivity contribution in [1.29, 1.82) is 0 Å². The van der Waals surface area contributed by atoms with Crippen LogP contribution in [-0.2, 0) is 0 Å². The number of carbonyl (C=O) groups is 3. The van der Waals surface area contributed by atoms with Gasteiger partial charge in [0.2, 0.25) is 0 Å². The molecule has 0 saturated heterocycles. The molecule has 21 heavy (non-hydrogen) atoms. The zero-order valence-corrected chi connectivity index (χ0v) is 11.0. The summed E-state index contributed by atoms with van der Waals surface area (Å²) in [5, 5.41) is 11.1. The van der Waals surface area contributed by atoms with Gasteiger partial charge in [-0.05, 0) is 30.7 Å². The van der Waals surface area contributed by atoms with Crippen LogP contribution in [0, 0.1) is 6.92 Å². The molecule has 6 nitrogen and oxygen atoms in total. The molecular weight excluding hydrogens is 272 g/mol. The van der Waals surface area contributed by atoms with Crippen molar-refractivity contribution in [3.63, 3.8) is 0 Å². The average molecular weight is 281 g/mol. The number of benzene rings is 1. The van der Waals surface area contributed by atoms with E-state index in [0.29, 0.717) is 5.56 Å². The second-order valence-electron chi connectivity index (χ2n) is 4.58. The van der Waals surface area contributed by atoms with E-state index in [1.165, 1.54) is 37.4 Å². The van der Waals surface area contributed by atoms with E-state index in [9.17, 15) is 19.5 Å². The average Bonchev–Trinajstić information content (AvgIpc) is 2.72. The number of carboxylic acid groups (broad SMARTS) is 1. The summed E-state index contributed by atoms with van der Waals surface area (Å²) < 4.78 is 0. The van der Waals surface area contributed by atoms with Gasteiger partial charge in [0.15, 0.2) is 0 Å². The van der Waals surface area contributed by atoms with Crippen molar-refractivity contribution < 1.29 is 19.5 Å². The molecule has 1 aromatic heterocycles. The minimum absolute atomic E-state index is 0.0583. The van der Waals surface area contributed by atoms with Crippen LogP contribution in [0.4, 0.5) is 5.69 Å². The quantitative estimate of drug-likeness (QED) is 0.750. The predicted molar refractivity (Wildman–Crippen MR) is 70.9 cm³/mol. The molecule has 2 heterocycles. The molecule has 3 rings (SSSR count). The topological polar surface area (TPSA) is 90.4 Å². The SMILES string of the molecule is Cc1c(C(=O)[O-])cccc1N1C(=O)c2cccnc2C1=O. The lowest BCUT2D eigenvalue weighted by Gasteiger charge is -2.18. The van der Waals surface area contributed by atoms with Crippen molar-refractivity contribution in [2.75, 3.05) is 4.90 Å². The maximum atomic E-state index is 12.3. The van der Waals surface area contributed by atoms with Crippen molar-refractivity contribution >= 4 is 23.5 Å². The van der Waals surface area contributed by atoms with E-state index in [1.807, 2.05) is 0 Å². The summed E-state index contributed by atoms with van der Waals surface area (Å²) in [7, 11) is 0. The Bertz CT molecular complexity index is 763. The van der Waals surface area contributed by atoms with Gasteiger partial charge in [0, 0.05) is 11.8 Å². The Morgan fingerprint density at radius 2 is 1.90 bits per heavy atom. The third kappa shape index (κ3) is 1.80. The van der Waals surface area contributed by atoms with Crippen LogP contribution in [0.15, 0.2) is 36.5 Å². The van der Waals surface area contributed by atoms with E-state index in [-0.39, 0.29) is 22.5 Å². The minimum Gasteiger partial charge on any atom is -0.545 e. The molecule has 0 radical (unpaired) electrons. The van der Waals surface area contributed by atoms with Crippen molar-refractivity contribution in [1.82, 2.24) is 4.98 Å². The Labute approximate surface area is 119 Å². The van der Waals surface area contributed by atoms with Crippen molar-refractivity contribution in [3.8, 4) is 0 Å². The highest BCUT2D eigenvalue weighted by molar-refractivity contribution is 6.34. The van der Waals surface area contributed by atoms with Crippen LogP contribution in [0.1, 0.15) is 36.8 Å². The van der Waals surface area contributed by atoms with Gasteiger partial charge in [-0.2, -0.15) is 0 Å². The van der Waals surface area contributed by atoms with Crippen molar-refractivity contribution in [3.05, 3.63) is 58.9 Å². The summed E-state index contributed by atoms with van der Waals surface area (Å²) in [5.74, 6) is -2.43. The molecule has 1 aliphatic rings. The van der Waals surface area contributed by atoms with Crippen LogP contribution in [0.5, 0.6) is 0 Å². The van der Waals surface area contributed by atoms with E-state index in [1.54, 1.807) is 6.07 Å². The predicted octanol–water partition coefficient (Wildman–Crippen LogP) is 0.554. The Kier molecular flexibility index (Phi) is 2.79. The Morgan fingerprint density at radius 1 is 1.14 bits per heavy atom. The molecule has 0 aliphatic carbocycles. The molecule has 2 aromatic rings. The zero-order chi connectivity index (χ0) is 15.1. The van der Waals surface area contributed by atoms with E-state index < -0.39 is 17.8 Å². The lowest BCUT2D eigenvalue weighted by atomic mass is 10.1. The molecular formula is C15H9N2O4-. The highest BCUT2D eigenvalue weighted by Crippen LogP contribution is 2.30. The summed E-state index contributed by atoms with van der Waals surface area (Å²) in [4.78, 5) is 40.6. The van der Waals surface area contributed by atoms with Crippen LogP contribution in [0.3, 0.4) is 0 Å². The monoisotopic (exact) mass is 281 g/mol. The summed E-state index contributed by atoms with van der Waals surface area (Å²) in [6, 6.07) is 7.43. The van der Waals surface area contributed by atoms with Gasteiger partial charge in [0.05, 0.1) is 17.2 Å². The number of pyridine rings is 1. The maximum absolute atomic E-state index is 12.3. The van der Waals surface area contributed by atoms with Crippen molar-refractivity contribution in [2.45, 2.75) is 6.92 Å². The smallest absolute Gasteiger partial charge is 0.284 e. The fraction of sp³-hybridized carbons (Fsp3) is 0.0667. The number of imide groups is 1. The number of hydrogen-bond acceptors (Lipinski definition) is 5. The van der Waals surface area contributed by atoms with E-state index in [4.69, 9.17) is 0 Å². The molecule has 0 N–H and O–H groups in total. The number of rotatable bonds is 2. The number of amides is 2. The number of anilines is 1. The van der Waals surface area contributed by atoms with Gasteiger partial charge in [-0.25, -0.2) is 4.90 Å². The van der Waals surface area contributed by atoms with Gasteiger partial charge in [-0.1, -0.05) is 12.1 Å². The fourth-order valence-electron chi connectivity index (χ4n) is 2.37. The molecule has 1 aliphatic heterocycles. The van der Waals surface area contributed by atoms with Crippen LogP contribution in [0.2, 0.25) is 0 Å². The molecule has 0 atom stereocenters. The highest BCUT2D eigenvalue weighted by atomic mass is 16.4.